The molecule has 2 aromatic carbocycles. The molecule has 0 saturated heterocycles. The van der Waals surface area contributed by atoms with E-state index < -0.39 is 6.04 Å². The summed E-state index contributed by atoms with van der Waals surface area (Å²) < 4.78 is 29.2. The summed E-state index contributed by atoms with van der Waals surface area (Å²) in [5.74, 6) is -0.666. The van der Waals surface area contributed by atoms with E-state index >= 15 is 0 Å². The largest absolute Gasteiger partial charge is 0.306 e. The molecule has 0 aliphatic heterocycles. The summed E-state index contributed by atoms with van der Waals surface area (Å²) >= 11 is 3.19. The van der Waals surface area contributed by atoms with E-state index in [9.17, 15) is 8.78 Å². The van der Waals surface area contributed by atoms with E-state index in [-0.39, 0.29) is 11.6 Å². The van der Waals surface area contributed by atoms with E-state index in [2.05, 4.69) is 21.2 Å². The molecule has 2 aromatic rings. The Bertz CT molecular complexity index is 632. The van der Waals surface area contributed by atoms with Gasteiger partial charge >= 0.3 is 0 Å². The Morgan fingerprint density at radius 3 is 2.52 bits per heavy atom. The first kappa shape index (κ1) is 16.1. The van der Waals surface area contributed by atoms with Gasteiger partial charge < -0.3 is 5.32 Å². The van der Waals surface area contributed by atoms with E-state index in [0.717, 1.165) is 11.1 Å². The molecule has 0 amide bonds. The van der Waals surface area contributed by atoms with Crippen LogP contribution in [-0.2, 0) is 0 Å². The van der Waals surface area contributed by atoms with Crippen molar-refractivity contribution in [3.05, 3.63) is 68.7 Å². The van der Waals surface area contributed by atoms with Crippen LogP contribution >= 0.6 is 15.9 Å². The first-order chi connectivity index (χ1) is 9.95. The van der Waals surface area contributed by atoms with E-state index in [0.29, 0.717) is 22.1 Å². The summed E-state index contributed by atoms with van der Waals surface area (Å²) in [7, 11) is 0. The zero-order valence-corrected chi connectivity index (χ0v) is 13.9. The highest BCUT2D eigenvalue weighted by atomic mass is 79.9. The van der Waals surface area contributed by atoms with Crippen LogP contribution in [0.2, 0.25) is 0 Å². The Kier molecular flexibility index (Phi) is 5.12. The fourth-order valence-corrected chi connectivity index (χ4v) is 2.99. The molecule has 112 valence electrons. The molecule has 0 fully saturated rings. The maximum Gasteiger partial charge on any atom is 0.142 e. The van der Waals surface area contributed by atoms with Crippen LogP contribution in [0.5, 0.6) is 0 Å². The fraction of sp³-hybridized carbons (Fsp3) is 0.294. The molecule has 0 heterocycles. The minimum Gasteiger partial charge on any atom is -0.306 e. The number of benzene rings is 2. The molecule has 1 unspecified atom stereocenters. The van der Waals surface area contributed by atoms with Crippen LogP contribution in [0.4, 0.5) is 8.78 Å². The van der Waals surface area contributed by atoms with Crippen molar-refractivity contribution in [3.8, 4) is 0 Å². The van der Waals surface area contributed by atoms with Crippen molar-refractivity contribution < 1.29 is 8.78 Å². The normalized spacial score (nSPS) is 12.5. The van der Waals surface area contributed by atoms with Gasteiger partial charge in [-0.3, -0.25) is 0 Å². The van der Waals surface area contributed by atoms with Crippen molar-refractivity contribution in [1.82, 2.24) is 5.32 Å². The maximum atomic E-state index is 14.4. The van der Waals surface area contributed by atoms with Gasteiger partial charge in [0.05, 0.1) is 10.5 Å². The van der Waals surface area contributed by atoms with Crippen LogP contribution in [-0.4, -0.2) is 6.54 Å². The molecule has 0 bridgehead atoms. The SMILES string of the molecule is CCNC(c1cccc(Br)c1F)c1c(C)cc(C)cc1F. The Hall–Kier alpha value is -1.26. The standard InChI is InChI=1S/C17H18BrF2N/c1-4-21-17(12-6-5-7-13(18)16(12)20)15-11(3)8-10(2)9-14(15)19/h5-9,17,21H,4H2,1-3H3. The van der Waals surface area contributed by atoms with Gasteiger partial charge in [0.1, 0.15) is 11.6 Å². The first-order valence-electron chi connectivity index (χ1n) is 6.89. The molecule has 2 rings (SSSR count). The third kappa shape index (κ3) is 3.33. The van der Waals surface area contributed by atoms with Gasteiger partial charge in [-0.25, -0.2) is 8.78 Å². The molecule has 4 heteroatoms. The predicted octanol–water partition coefficient (Wildman–Crippen LogP) is 5.04. The van der Waals surface area contributed by atoms with E-state index in [1.54, 1.807) is 18.2 Å². The molecule has 1 nitrogen and oxygen atoms in total. The number of nitrogens with one attached hydrogen (secondary N) is 1. The van der Waals surface area contributed by atoms with E-state index in [1.807, 2.05) is 26.8 Å². The lowest BCUT2D eigenvalue weighted by atomic mass is 9.93. The topological polar surface area (TPSA) is 12.0 Å². The average Bonchev–Trinajstić information content (AvgIpc) is 2.40. The summed E-state index contributed by atoms with van der Waals surface area (Å²) in [4.78, 5) is 0. The number of hydrogen-bond acceptors (Lipinski definition) is 1. The monoisotopic (exact) mass is 353 g/mol. The molecule has 0 aliphatic carbocycles. The second kappa shape index (κ2) is 6.67. The van der Waals surface area contributed by atoms with Gasteiger partial charge in [-0.2, -0.15) is 0 Å². The van der Waals surface area contributed by atoms with Crippen molar-refractivity contribution >= 4 is 15.9 Å². The van der Waals surface area contributed by atoms with Crippen LogP contribution < -0.4 is 5.32 Å². The Morgan fingerprint density at radius 1 is 1.19 bits per heavy atom. The summed E-state index contributed by atoms with van der Waals surface area (Å²) in [5, 5.41) is 3.18. The second-order valence-electron chi connectivity index (χ2n) is 5.11. The minimum atomic E-state index is -0.506. The number of halogens is 3. The van der Waals surface area contributed by atoms with Gasteiger partial charge in [0, 0.05) is 11.1 Å². The van der Waals surface area contributed by atoms with Gasteiger partial charge in [0.2, 0.25) is 0 Å². The molecule has 0 aliphatic rings. The Labute approximate surface area is 132 Å². The highest BCUT2D eigenvalue weighted by Crippen LogP contribution is 2.32. The lowest BCUT2D eigenvalue weighted by Gasteiger charge is -2.23. The second-order valence-corrected chi connectivity index (χ2v) is 5.97. The molecule has 0 saturated carbocycles. The third-order valence-electron chi connectivity index (χ3n) is 3.47. The van der Waals surface area contributed by atoms with Gasteiger partial charge in [0.25, 0.3) is 0 Å². The molecule has 0 aromatic heterocycles. The highest BCUT2D eigenvalue weighted by Gasteiger charge is 2.23. The number of rotatable bonds is 4. The van der Waals surface area contributed by atoms with E-state index in [4.69, 9.17) is 0 Å². The number of aryl methyl sites for hydroxylation is 2. The molecule has 0 radical (unpaired) electrons. The van der Waals surface area contributed by atoms with Crippen LogP contribution in [0, 0.1) is 25.5 Å². The van der Waals surface area contributed by atoms with Crippen LogP contribution in [0.3, 0.4) is 0 Å². The van der Waals surface area contributed by atoms with Crippen molar-refractivity contribution in [3.63, 3.8) is 0 Å². The van der Waals surface area contributed by atoms with Crippen LogP contribution in [0.25, 0.3) is 0 Å². The molecular formula is C17H18BrF2N. The van der Waals surface area contributed by atoms with Crippen molar-refractivity contribution in [2.24, 2.45) is 0 Å². The number of hydrogen-bond donors (Lipinski definition) is 1. The predicted molar refractivity (Wildman–Crippen MR) is 85.5 cm³/mol. The summed E-state index contributed by atoms with van der Waals surface area (Å²) in [5.41, 5.74) is 2.62. The third-order valence-corrected chi connectivity index (χ3v) is 4.08. The van der Waals surface area contributed by atoms with Gasteiger partial charge in [0.15, 0.2) is 0 Å². The fourth-order valence-electron chi connectivity index (χ4n) is 2.61. The van der Waals surface area contributed by atoms with Gasteiger partial charge in [-0.1, -0.05) is 25.1 Å². The zero-order valence-electron chi connectivity index (χ0n) is 12.3. The highest BCUT2D eigenvalue weighted by molar-refractivity contribution is 9.10. The zero-order chi connectivity index (χ0) is 15.6. The van der Waals surface area contributed by atoms with Gasteiger partial charge in [-0.15, -0.1) is 0 Å². The molecule has 0 spiro atoms. The summed E-state index contributed by atoms with van der Waals surface area (Å²) in [6, 6.07) is 7.98. The molecule has 21 heavy (non-hydrogen) atoms. The maximum absolute atomic E-state index is 14.4. The smallest absolute Gasteiger partial charge is 0.142 e. The Morgan fingerprint density at radius 2 is 1.90 bits per heavy atom. The van der Waals surface area contributed by atoms with E-state index in [1.165, 1.54) is 6.07 Å². The Balaban J connectivity index is 2.62. The van der Waals surface area contributed by atoms with Crippen LogP contribution in [0.15, 0.2) is 34.8 Å². The molecule has 1 atom stereocenters. The van der Waals surface area contributed by atoms with Crippen molar-refractivity contribution in [2.45, 2.75) is 26.8 Å². The molecular weight excluding hydrogens is 336 g/mol. The quantitative estimate of drug-likeness (QED) is 0.811. The van der Waals surface area contributed by atoms with Crippen LogP contribution in [0.1, 0.15) is 35.2 Å². The molecule has 1 N–H and O–H groups in total. The summed E-state index contributed by atoms with van der Waals surface area (Å²) in [6.45, 7) is 6.24. The first-order valence-corrected chi connectivity index (χ1v) is 7.69. The van der Waals surface area contributed by atoms with Crippen molar-refractivity contribution in [1.29, 1.82) is 0 Å². The summed E-state index contributed by atoms with van der Waals surface area (Å²) in [6.07, 6.45) is 0. The lowest BCUT2D eigenvalue weighted by molar-refractivity contribution is 0.526. The minimum absolute atomic E-state index is 0.308. The van der Waals surface area contributed by atoms with Gasteiger partial charge in [-0.05, 0) is 59.6 Å². The average molecular weight is 354 g/mol. The van der Waals surface area contributed by atoms with Crippen molar-refractivity contribution in [2.75, 3.05) is 6.54 Å². The lowest BCUT2D eigenvalue weighted by Crippen LogP contribution is -2.25.